The Bertz CT molecular complexity index is 826. The molecule has 1 heterocycles. The molecule has 0 radical (unpaired) electrons. The molecule has 0 aliphatic rings. The van der Waals surface area contributed by atoms with E-state index in [2.05, 4.69) is 20.6 Å². The summed E-state index contributed by atoms with van der Waals surface area (Å²) in [5, 5.41) is 7.31. The molecule has 0 saturated heterocycles. The van der Waals surface area contributed by atoms with Crippen LogP contribution in [0, 0.1) is 13.8 Å². The average Bonchev–Trinajstić information content (AvgIpc) is 3.07. The summed E-state index contributed by atoms with van der Waals surface area (Å²) in [6, 6.07) is 7.82. The van der Waals surface area contributed by atoms with E-state index < -0.39 is 0 Å². The summed E-state index contributed by atoms with van der Waals surface area (Å²) >= 11 is 1.34. The number of hydrogen-bond donors (Lipinski definition) is 2. The zero-order chi connectivity index (χ0) is 20.5. The van der Waals surface area contributed by atoms with Crippen LogP contribution in [0.4, 0.5) is 0 Å². The van der Waals surface area contributed by atoms with E-state index in [-0.39, 0.29) is 36.0 Å². The number of nitrogens with one attached hydrogen (secondary N) is 2. The second-order valence-electron chi connectivity index (χ2n) is 6.17. The van der Waals surface area contributed by atoms with Gasteiger partial charge in [0.05, 0.1) is 24.9 Å². The van der Waals surface area contributed by atoms with Gasteiger partial charge in [0, 0.05) is 7.05 Å². The van der Waals surface area contributed by atoms with Gasteiger partial charge in [0.25, 0.3) is 0 Å². The van der Waals surface area contributed by atoms with E-state index in [1.165, 1.54) is 11.3 Å². The second-order valence-corrected chi connectivity index (χ2v) is 7.20. The molecule has 1 unspecified atom stereocenters. The quantitative estimate of drug-likeness (QED) is 0.177. The summed E-state index contributed by atoms with van der Waals surface area (Å²) < 4.78 is 10.9. The molecule has 0 fully saturated rings. The molecule has 29 heavy (non-hydrogen) atoms. The van der Waals surface area contributed by atoms with Crippen molar-refractivity contribution in [2.24, 2.45) is 4.99 Å². The Balaban J connectivity index is 0.00000420. The third-order valence-electron chi connectivity index (χ3n) is 3.97. The number of thiazole rings is 1. The van der Waals surface area contributed by atoms with Gasteiger partial charge >= 0.3 is 5.97 Å². The Morgan fingerprint density at radius 3 is 2.69 bits per heavy atom. The number of rotatable bonds is 8. The minimum atomic E-state index is -0.327. The first-order chi connectivity index (χ1) is 13.5. The van der Waals surface area contributed by atoms with Crippen LogP contribution in [0.25, 0.3) is 0 Å². The van der Waals surface area contributed by atoms with Gasteiger partial charge in [-0.05, 0) is 39.3 Å². The van der Waals surface area contributed by atoms with Crippen LogP contribution in [0.15, 0.2) is 29.3 Å². The maximum atomic E-state index is 12.0. The molecule has 1 atom stereocenters. The molecule has 7 nitrogen and oxygen atoms in total. The number of aliphatic imine (C=N–C) groups is 1. The highest BCUT2D eigenvalue weighted by Crippen LogP contribution is 2.24. The third kappa shape index (κ3) is 7.46. The van der Waals surface area contributed by atoms with Crippen LogP contribution in [0.1, 0.15) is 45.8 Å². The van der Waals surface area contributed by atoms with Crippen LogP contribution in [0.5, 0.6) is 5.75 Å². The Hall–Kier alpha value is -1.88. The minimum Gasteiger partial charge on any atom is -0.491 e. The molecule has 1 aromatic carbocycles. The predicted octanol–water partition coefficient (Wildman–Crippen LogP) is 3.86. The van der Waals surface area contributed by atoms with Crippen LogP contribution >= 0.6 is 35.3 Å². The van der Waals surface area contributed by atoms with Gasteiger partial charge in [0.1, 0.15) is 22.2 Å². The topological polar surface area (TPSA) is 84.8 Å². The van der Waals surface area contributed by atoms with Gasteiger partial charge < -0.3 is 20.1 Å². The van der Waals surface area contributed by atoms with Crippen molar-refractivity contribution in [1.29, 1.82) is 0 Å². The van der Waals surface area contributed by atoms with Gasteiger partial charge in [-0.15, -0.1) is 35.3 Å². The normalized spacial score (nSPS) is 12.0. The largest absolute Gasteiger partial charge is 0.491 e. The monoisotopic (exact) mass is 532 g/mol. The van der Waals surface area contributed by atoms with Gasteiger partial charge in [0.2, 0.25) is 0 Å². The summed E-state index contributed by atoms with van der Waals surface area (Å²) in [7, 11) is 1.71. The molecular formula is C20H29IN4O3S. The number of hydrogen-bond acceptors (Lipinski definition) is 6. The first-order valence-corrected chi connectivity index (χ1v) is 10.1. The number of guanidine groups is 1. The average molecular weight is 532 g/mol. The number of ether oxygens (including phenoxy) is 2. The van der Waals surface area contributed by atoms with Crippen molar-refractivity contribution in [2.45, 2.75) is 33.7 Å². The van der Waals surface area contributed by atoms with E-state index in [0.29, 0.717) is 36.3 Å². The lowest BCUT2D eigenvalue weighted by atomic mass is 10.2. The van der Waals surface area contributed by atoms with Crippen LogP contribution in [0.3, 0.4) is 0 Å². The third-order valence-corrected chi connectivity index (χ3v) is 5.29. The van der Waals surface area contributed by atoms with Gasteiger partial charge in [-0.25, -0.2) is 9.78 Å². The van der Waals surface area contributed by atoms with Crippen LogP contribution in [-0.4, -0.2) is 43.7 Å². The van der Waals surface area contributed by atoms with E-state index in [4.69, 9.17) is 9.47 Å². The summed E-state index contributed by atoms with van der Waals surface area (Å²) in [6.45, 7) is 9.07. The maximum absolute atomic E-state index is 12.0. The molecule has 2 rings (SSSR count). The molecule has 0 spiro atoms. The smallest absolute Gasteiger partial charge is 0.350 e. The highest BCUT2D eigenvalue weighted by atomic mass is 127. The van der Waals surface area contributed by atoms with Crippen LogP contribution in [0.2, 0.25) is 0 Å². The van der Waals surface area contributed by atoms with Crippen molar-refractivity contribution >= 4 is 47.2 Å². The standard InChI is InChI=1S/C20H28N4O3S.HI/c1-6-26-19(25)17-14(3)23-18(28-17)15(4)24-20(21-5)22-11-12-27-16-10-8-7-9-13(16)2;/h7-10,15H,6,11-12H2,1-5H3,(H2,21,22,24);1H. The Morgan fingerprint density at radius 1 is 1.31 bits per heavy atom. The molecule has 2 aromatic rings. The number of carbonyl (C=O) groups excluding carboxylic acids is 1. The number of aromatic nitrogens is 1. The van der Waals surface area contributed by atoms with Crippen molar-refractivity contribution in [3.8, 4) is 5.75 Å². The lowest BCUT2D eigenvalue weighted by Crippen LogP contribution is -2.40. The highest BCUT2D eigenvalue weighted by Gasteiger charge is 2.20. The van der Waals surface area contributed by atoms with Crippen LogP contribution < -0.4 is 15.4 Å². The molecule has 0 amide bonds. The van der Waals surface area contributed by atoms with E-state index in [9.17, 15) is 4.79 Å². The van der Waals surface area contributed by atoms with Gasteiger partial charge in [-0.3, -0.25) is 4.99 Å². The Kier molecular flexibility index (Phi) is 11.0. The number of benzene rings is 1. The van der Waals surface area contributed by atoms with Crippen molar-refractivity contribution in [3.63, 3.8) is 0 Å². The molecule has 0 aliphatic carbocycles. The fourth-order valence-electron chi connectivity index (χ4n) is 2.50. The zero-order valence-corrected chi connectivity index (χ0v) is 20.6. The first kappa shape index (κ1) is 25.2. The van der Waals surface area contributed by atoms with Gasteiger partial charge in [-0.1, -0.05) is 18.2 Å². The summed E-state index contributed by atoms with van der Waals surface area (Å²) in [5.74, 6) is 1.20. The van der Waals surface area contributed by atoms with E-state index in [1.807, 2.05) is 45.0 Å². The molecule has 9 heteroatoms. The number of para-hydroxylation sites is 1. The molecule has 0 bridgehead atoms. The number of esters is 1. The lowest BCUT2D eigenvalue weighted by molar-refractivity contribution is 0.0531. The molecule has 0 aliphatic heterocycles. The minimum absolute atomic E-state index is 0. The van der Waals surface area contributed by atoms with Crippen molar-refractivity contribution < 1.29 is 14.3 Å². The van der Waals surface area contributed by atoms with Gasteiger partial charge in [0.15, 0.2) is 5.96 Å². The lowest BCUT2D eigenvalue weighted by Gasteiger charge is -2.16. The zero-order valence-electron chi connectivity index (χ0n) is 17.4. The molecule has 160 valence electrons. The Labute approximate surface area is 193 Å². The predicted molar refractivity (Wildman–Crippen MR) is 128 cm³/mol. The van der Waals surface area contributed by atoms with Crippen molar-refractivity contribution in [1.82, 2.24) is 15.6 Å². The number of aryl methyl sites for hydroxylation is 2. The number of nitrogens with zero attached hydrogens (tertiary/aromatic N) is 2. The molecule has 0 saturated carbocycles. The second kappa shape index (κ2) is 12.6. The first-order valence-electron chi connectivity index (χ1n) is 9.26. The van der Waals surface area contributed by atoms with Crippen LogP contribution in [-0.2, 0) is 4.74 Å². The highest BCUT2D eigenvalue weighted by molar-refractivity contribution is 14.0. The fourth-order valence-corrected chi connectivity index (χ4v) is 3.46. The number of halogens is 1. The summed E-state index contributed by atoms with van der Waals surface area (Å²) in [5.41, 5.74) is 1.79. The number of carbonyl (C=O) groups is 1. The van der Waals surface area contributed by atoms with E-state index >= 15 is 0 Å². The molecule has 2 N–H and O–H groups in total. The Morgan fingerprint density at radius 2 is 2.03 bits per heavy atom. The van der Waals surface area contributed by atoms with Gasteiger partial charge in [-0.2, -0.15) is 0 Å². The molecule has 1 aromatic heterocycles. The summed E-state index contributed by atoms with van der Waals surface area (Å²) in [6.07, 6.45) is 0. The van der Waals surface area contributed by atoms with E-state index in [1.54, 1.807) is 14.0 Å². The molecular weight excluding hydrogens is 503 g/mol. The van der Waals surface area contributed by atoms with Crippen molar-refractivity contribution in [2.75, 3.05) is 26.8 Å². The van der Waals surface area contributed by atoms with Crippen molar-refractivity contribution in [3.05, 3.63) is 45.4 Å². The fraction of sp³-hybridized carbons (Fsp3) is 0.450. The summed E-state index contributed by atoms with van der Waals surface area (Å²) in [4.78, 5) is 21.2. The van der Waals surface area contributed by atoms with E-state index in [0.717, 1.165) is 16.3 Å². The maximum Gasteiger partial charge on any atom is 0.350 e. The SMILES string of the molecule is CCOC(=O)c1sc(C(C)NC(=NC)NCCOc2ccccc2C)nc1C.I.